The third kappa shape index (κ3) is 3.04. The Morgan fingerprint density at radius 3 is 2.68 bits per heavy atom. The molecular weight excluding hydrogens is 314 g/mol. The van der Waals surface area contributed by atoms with Crippen LogP contribution in [-0.4, -0.2) is 41.1 Å². The maximum Gasteiger partial charge on any atom is 0.237 e. The second-order valence-corrected chi connectivity index (χ2v) is 9.01. The van der Waals surface area contributed by atoms with Crippen LogP contribution in [0.3, 0.4) is 0 Å². The summed E-state index contributed by atoms with van der Waals surface area (Å²) in [5, 5.41) is 3.43. The molecule has 5 rings (SSSR count). The minimum Gasteiger partial charge on any atom is -0.488 e. The quantitative estimate of drug-likeness (QED) is 0.876. The summed E-state index contributed by atoms with van der Waals surface area (Å²) in [5.74, 6) is 1.99. The summed E-state index contributed by atoms with van der Waals surface area (Å²) in [7, 11) is 0. The number of nitrogens with zero attached hydrogens (tertiary/aromatic N) is 1. The Morgan fingerprint density at radius 1 is 1.32 bits per heavy atom. The van der Waals surface area contributed by atoms with Crippen molar-refractivity contribution >= 4 is 5.91 Å². The average molecular weight is 343 g/mol. The number of hydrogen-bond donors (Lipinski definition) is 2. The molecule has 1 aromatic carbocycles. The van der Waals surface area contributed by atoms with Gasteiger partial charge < -0.3 is 15.8 Å². The number of amides is 1. The van der Waals surface area contributed by atoms with Crippen molar-refractivity contribution in [3.8, 4) is 5.75 Å². The molecule has 3 saturated heterocycles. The zero-order chi connectivity index (χ0) is 17.8. The first kappa shape index (κ1) is 16.9. The smallest absolute Gasteiger partial charge is 0.237 e. The molecule has 5 nitrogen and oxygen atoms in total. The normalized spacial score (nSPS) is 34.3. The van der Waals surface area contributed by atoms with E-state index in [1.807, 2.05) is 0 Å². The highest BCUT2D eigenvalue weighted by Gasteiger charge is 2.58. The number of likely N-dealkylation sites (tertiary alicyclic amines) is 1. The fourth-order valence-corrected chi connectivity index (χ4v) is 5.02. The predicted octanol–water partition coefficient (Wildman–Crippen LogP) is 1.90. The van der Waals surface area contributed by atoms with Crippen molar-refractivity contribution in [1.82, 2.24) is 10.2 Å². The molecule has 1 aliphatic carbocycles. The SMILES string of the molecule is CC(C)(C)Oc1ccc(CN2CC3CC4(C(N)=O)CC2C3CN4)cc1. The highest BCUT2D eigenvalue weighted by molar-refractivity contribution is 5.85. The van der Waals surface area contributed by atoms with Crippen LogP contribution in [0.25, 0.3) is 0 Å². The first-order valence-corrected chi connectivity index (χ1v) is 9.33. The third-order valence-corrected chi connectivity index (χ3v) is 6.09. The zero-order valence-electron chi connectivity index (χ0n) is 15.4. The van der Waals surface area contributed by atoms with Crippen molar-refractivity contribution in [2.75, 3.05) is 13.1 Å². The summed E-state index contributed by atoms with van der Waals surface area (Å²) < 4.78 is 5.90. The molecule has 25 heavy (non-hydrogen) atoms. The summed E-state index contributed by atoms with van der Waals surface area (Å²) in [6.45, 7) is 9.11. The number of piperidine rings is 2. The Kier molecular flexibility index (Phi) is 3.85. The molecule has 4 bridgehead atoms. The van der Waals surface area contributed by atoms with E-state index in [0.717, 1.165) is 38.2 Å². The van der Waals surface area contributed by atoms with Gasteiger partial charge in [-0.15, -0.1) is 0 Å². The fourth-order valence-electron chi connectivity index (χ4n) is 5.02. The molecule has 136 valence electrons. The van der Waals surface area contributed by atoms with Gasteiger partial charge in [-0.3, -0.25) is 9.69 Å². The van der Waals surface area contributed by atoms with Gasteiger partial charge in [-0.2, -0.15) is 0 Å². The van der Waals surface area contributed by atoms with Gasteiger partial charge in [0, 0.05) is 25.7 Å². The zero-order valence-corrected chi connectivity index (χ0v) is 15.4. The molecule has 3 aliphatic heterocycles. The van der Waals surface area contributed by atoms with Crippen LogP contribution in [0.1, 0.15) is 39.2 Å². The Bertz CT molecular complexity index is 667. The number of carbonyl (C=O) groups excluding carboxylic acids is 1. The molecule has 3 heterocycles. The van der Waals surface area contributed by atoms with Gasteiger partial charge in [0.15, 0.2) is 0 Å². The van der Waals surface area contributed by atoms with E-state index in [-0.39, 0.29) is 11.5 Å². The molecule has 0 aromatic heterocycles. The van der Waals surface area contributed by atoms with E-state index in [1.165, 1.54) is 5.56 Å². The van der Waals surface area contributed by atoms with E-state index in [0.29, 0.717) is 17.9 Å². The minimum absolute atomic E-state index is 0.175. The van der Waals surface area contributed by atoms with E-state index < -0.39 is 5.54 Å². The highest BCUT2D eigenvalue weighted by Crippen LogP contribution is 2.48. The van der Waals surface area contributed by atoms with Gasteiger partial charge in [0.1, 0.15) is 11.4 Å². The van der Waals surface area contributed by atoms with E-state index in [9.17, 15) is 4.79 Å². The number of nitrogens with two attached hydrogens (primary N) is 1. The molecule has 4 aliphatic rings. The van der Waals surface area contributed by atoms with Crippen molar-refractivity contribution in [2.24, 2.45) is 17.6 Å². The number of fused-ring (bicyclic) bond motifs is 1. The van der Waals surface area contributed by atoms with Gasteiger partial charge in [-0.05, 0) is 63.1 Å². The molecule has 1 aromatic rings. The molecule has 4 unspecified atom stereocenters. The lowest BCUT2D eigenvalue weighted by Crippen LogP contribution is -2.68. The number of nitrogens with one attached hydrogen (secondary N) is 1. The molecule has 1 saturated carbocycles. The van der Waals surface area contributed by atoms with Gasteiger partial charge in [0.2, 0.25) is 5.91 Å². The van der Waals surface area contributed by atoms with Crippen molar-refractivity contribution in [3.63, 3.8) is 0 Å². The third-order valence-electron chi connectivity index (χ3n) is 6.09. The second-order valence-electron chi connectivity index (χ2n) is 9.01. The van der Waals surface area contributed by atoms with Crippen molar-refractivity contribution in [3.05, 3.63) is 29.8 Å². The fraction of sp³-hybridized carbons (Fsp3) is 0.650. The molecule has 1 amide bonds. The lowest BCUT2D eigenvalue weighted by Gasteiger charge is -2.49. The largest absolute Gasteiger partial charge is 0.488 e. The van der Waals surface area contributed by atoms with Gasteiger partial charge >= 0.3 is 0 Å². The summed E-state index contributed by atoms with van der Waals surface area (Å²) >= 11 is 0. The molecule has 0 spiro atoms. The predicted molar refractivity (Wildman–Crippen MR) is 97.2 cm³/mol. The van der Waals surface area contributed by atoms with Crippen LogP contribution < -0.4 is 15.8 Å². The monoisotopic (exact) mass is 343 g/mol. The summed E-state index contributed by atoms with van der Waals surface area (Å²) in [5.41, 5.74) is 6.37. The maximum atomic E-state index is 12.0. The average Bonchev–Trinajstić information content (AvgIpc) is 2.79. The number of primary amides is 1. The Balaban J connectivity index is 1.45. The minimum atomic E-state index is -0.469. The Hall–Kier alpha value is -1.59. The summed E-state index contributed by atoms with van der Waals surface area (Å²) in [6.07, 6.45) is 1.76. The van der Waals surface area contributed by atoms with Crippen molar-refractivity contribution in [1.29, 1.82) is 0 Å². The number of ether oxygens (including phenoxy) is 1. The lowest BCUT2D eigenvalue weighted by atomic mass is 9.65. The van der Waals surface area contributed by atoms with Crippen LogP contribution in [0, 0.1) is 11.8 Å². The lowest BCUT2D eigenvalue weighted by molar-refractivity contribution is -0.129. The van der Waals surface area contributed by atoms with E-state index in [4.69, 9.17) is 10.5 Å². The molecule has 0 radical (unpaired) electrons. The van der Waals surface area contributed by atoms with Gasteiger partial charge in [-0.1, -0.05) is 12.1 Å². The molecule has 4 atom stereocenters. The highest BCUT2D eigenvalue weighted by atomic mass is 16.5. The first-order chi connectivity index (χ1) is 11.8. The Morgan fingerprint density at radius 2 is 2.04 bits per heavy atom. The van der Waals surface area contributed by atoms with E-state index in [1.54, 1.807) is 0 Å². The molecular formula is C20H29N3O2. The Labute approximate surface area is 149 Å². The van der Waals surface area contributed by atoms with Crippen LogP contribution in [0.4, 0.5) is 0 Å². The van der Waals surface area contributed by atoms with Crippen LogP contribution in [0.5, 0.6) is 5.75 Å². The number of rotatable bonds is 4. The van der Waals surface area contributed by atoms with Crippen molar-refractivity contribution < 1.29 is 9.53 Å². The van der Waals surface area contributed by atoms with Gasteiger partial charge in [-0.25, -0.2) is 0 Å². The summed E-state index contributed by atoms with van der Waals surface area (Å²) in [6, 6.07) is 8.90. The molecule has 5 heteroatoms. The van der Waals surface area contributed by atoms with E-state index >= 15 is 0 Å². The number of carbonyl (C=O) groups is 1. The standard InChI is InChI=1S/C20H29N3O2/c1-19(2,3)25-15-6-4-13(5-7-15)11-23-12-14-8-20(18(21)24)9-17(23)16(14)10-22-20/h4-7,14,16-17,22H,8-12H2,1-3H3,(H2,21,24). The maximum absolute atomic E-state index is 12.0. The first-order valence-electron chi connectivity index (χ1n) is 9.33. The topological polar surface area (TPSA) is 67.6 Å². The van der Waals surface area contributed by atoms with Crippen LogP contribution in [0.15, 0.2) is 24.3 Å². The number of benzene rings is 1. The van der Waals surface area contributed by atoms with E-state index in [2.05, 4.69) is 55.3 Å². The second kappa shape index (κ2) is 5.71. The summed E-state index contributed by atoms with van der Waals surface area (Å²) in [4.78, 5) is 14.6. The number of hydrogen-bond acceptors (Lipinski definition) is 4. The van der Waals surface area contributed by atoms with Crippen LogP contribution in [0.2, 0.25) is 0 Å². The van der Waals surface area contributed by atoms with Crippen LogP contribution >= 0.6 is 0 Å². The van der Waals surface area contributed by atoms with Gasteiger partial charge in [0.25, 0.3) is 0 Å². The van der Waals surface area contributed by atoms with Gasteiger partial charge in [0.05, 0.1) is 5.54 Å². The molecule has 3 N–H and O–H groups in total. The molecule has 4 fully saturated rings. The van der Waals surface area contributed by atoms with Crippen molar-refractivity contribution in [2.45, 2.75) is 57.3 Å². The van der Waals surface area contributed by atoms with Crippen LogP contribution in [-0.2, 0) is 11.3 Å².